The maximum atomic E-state index is 13.4. The second-order valence-electron chi connectivity index (χ2n) is 9.69. The van der Waals surface area contributed by atoms with E-state index in [1.54, 1.807) is 84.9 Å². The lowest BCUT2D eigenvalue weighted by Crippen LogP contribution is -2.19. The Kier molecular flexibility index (Phi) is 8.45. The van der Waals surface area contributed by atoms with Crippen LogP contribution in [0.1, 0.15) is 42.2 Å². The van der Waals surface area contributed by atoms with E-state index in [9.17, 15) is 22.8 Å². The lowest BCUT2D eigenvalue weighted by molar-refractivity contribution is 0.102. The third kappa shape index (κ3) is 6.86. The van der Waals surface area contributed by atoms with E-state index >= 15 is 0 Å². The van der Waals surface area contributed by atoms with Gasteiger partial charge in [-0.2, -0.15) is 0 Å². The van der Waals surface area contributed by atoms with Gasteiger partial charge < -0.3 is 10.6 Å². The summed E-state index contributed by atoms with van der Waals surface area (Å²) in [5.74, 6) is -1.23. The molecule has 0 spiro atoms. The molecule has 0 radical (unpaired) electrons. The number of benzene rings is 5. The topological polar surface area (TPSA) is 121 Å². The molecule has 0 saturated carbocycles. The predicted molar refractivity (Wildman–Crippen MR) is 167 cm³/mol. The summed E-state index contributed by atoms with van der Waals surface area (Å²) >= 11 is 0. The van der Waals surface area contributed by atoms with E-state index in [0.717, 1.165) is 5.56 Å². The van der Waals surface area contributed by atoms with E-state index < -0.39 is 21.8 Å². The summed E-state index contributed by atoms with van der Waals surface area (Å²) < 4.78 is 27.7. The monoisotopic (exact) mass is 589 g/mol. The van der Waals surface area contributed by atoms with Crippen molar-refractivity contribution in [1.29, 1.82) is 0 Å². The van der Waals surface area contributed by atoms with Crippen molar-refractivity contribution in [3.63, 3.8) is 0 Å². The fourth-order valence-electron chi connectivity index (χ4n) is 4.38. The molecule has 0 bridgehead atoms. The van der Waals surface area contributed by atoms with Crippen LogP contribution >= 0.6 is 0 Å². The van der Waals surface area contributed by atoms with Crippen molar-refractivity contribution in [3.8, 4) is 0 Å². The van der Waals surface area contributed by atoms with Crippen molar-refractivity contribution < 1.29 is 22.8 Å². The highest BCUT2D eigenvalue weighted by atomic mass is 32.2. The first-order valence-corrected chi connectivity index (χ1v) is 14.8. The second kappa shape index (κ2) is 12.5. The Bertz CT molecular complexity index is 1910. The molecule has 3 N–H and O–H groups in total. The van der Waals surface area contributed by atoms with Crippen molar-refractivity contribution in [2.24, 2.45) is 0 Å². The number of aryl methyl sites for hydroxylation is 1. The fraction of sp³-hybridized carbons (Fsp3) is 0.0294. The smallest absolute Gasteiger partial charge is 0.261 e. The molecule has 8 nitrogen and oxygen atoms in total. The number of carbonyl (C=O) groups excluding carboxylic acids is 3. The number of nitrogens with one attached hydrogen (secondary N) is 3. The van der Waals surface area contributed by atoms with Crippen molar-refractivity contribution in [2.75, 3.05) is 15.4 Å². The maximum absolute atomic E-state index is 13.4. The molecule has 9 heteroatoms. The zero-order valence-corrected chi connectivity index (χ0v) is 23.9. The maximum Gasteiger partial charge on any atom is 0.261 e. The SMILES string of the molecule is Cc1ccc(NC(=O)c2ccccc2NC(=O)c2ccc(NS(=O)(=O)c3ccccc3)cc2)c(C(=O)c2ccccc2)c1. The van der Waals surface area contributed by atoms with Gasteiger partial charge in [-0.1, -0.05) is 72.3 Å². The van der Waals surface area contributed by atoms with Gasteiger partial charge in [-0.15, -0.1) is 0 Å². The standard InChI is InChI=1S/C34H27N3O5S/c1-23-16-21-31(29(22-23)32(38)24-10-4-2-5-11-24)36-34(40)28-14-8-9-15-30(28)35-33(39)25-17-19-26(20-18-25)37-43(41,42)27-12-6-3-7-13-27/h2-22,37H,1H3,(H,35,39)(H,36,40). The third-order valence-corrected chi connectivity index (χ3v) is 7.97. The van der Waals surface area contributed by atoms with E-state index in [4.69, 9.17) is 0 Å². The number of sulfonamides is 1. The number of amides is 2. The fourth-order valence-corrected chi connectivity index (χ4v) is 5.46. The number of para-hydroxylation sites is 1. The van der Waals surface area contributed by atoms with Gasteiger partial charge in [0.1, 0.15) is 0 Å². The molecule has 43 heavy (non-hydrogen) atoms. The van der Waals surface area contributed by atoms with E-state index in [2.05, 4.69) is 15.4 Å². The van der Waals surface area contributed by atoms with Crippen LogP contribution in [-0.2, 0) is 10.0 Å². The van der Waals surface area contributed by atoms with Crippen LogP contribution in [0.4, 0.5) is 17.1 Å². The first-order chi connectivity index (χ1) is 20.7. The second-order valence-corrected chi connectivity index (χ2v) is 11.4. The van der Waals surface area contributed by atoms with Crippen molar-refractivity contribution >= 4 is 44.7 Å². The minimum atomic E-state index is -3.78. The molecular formula is C34H27N3O5S. The van der Waals surface area contributed by atoms with Crippen molar-refractivity contribution in [2.45, 2.75) is 11.8 Å². The molecule has 5 rings (SSSR count). The summed E-state index contributed by atoms with van der Waals surface area (Å²) in [6.45, 7) is 1.86. The molecule has 2 amide bonds. The Morgan fingerprint density at radius 3 is 1.84 bits per heavy atom. The normalized spacial score (nSPS) is 10.9. The number of hydrogen-bond donors (Lipinski definition) is 3. The van der Waals surface area contributed by atoms with E-state index in [0.29, 0.717) is 22.5 Å². The Morgan fingerprint density at radius 2 is 1.14 bits per heavy atom. The highest BCUT2D eigenvalue weighted by Gasteiger charge is 2.19. The van der Waals surface area contributed by atoms with Gasteiger partial charge in [0, 0.05) is 22.4 Å². The molecule has 5 aromatic carbocycles. The quantitative estimate of drug-likeness (QED) is 0.169. The molecule has 0 atom stereocenters. The number of hydrogen-bond acceptors (Lipinski definition) is 5. The first kappa shape index (κ1) is 29.0. The Balaban J connectivity index is 1.32. The minimum absolute atomic E-state index is 0.119. The van der Waals surface area contributed by atoms with Gasteiger partial charge in [0.05, 0.1) is 21.8 Å². The Hall–Kier alpha value is -5.54. The van der Waals surface area contributed by atoms with Gasteiger partial charge >= 0.3 is 0 Å². The third-order valence-electron chi connectivity index (χ3n) is 6.58. The van der Waals surface area contributed by atoms with Crippen LogP contribution < -0.4 is 15.4 Å². The average Bonchev–Trinajstić information content (AvgIpc) is 3.03. The van der Waals surface area contributed by atoms with Gasteiger partial charge in [0.25, 0.3) is 21.8 Å². The highest BCUT2D eigenvalue weighted by molar-refractivity contribution is 7.92. The summed E-state index contributed by atoms with van der Waals surface area (Å²) in [5.41, 5.74) is 3.07. The van der Waals surface area contributed by atoms with Gasteiger partial charge in [-0.3, -0.25) is 19.1 Å². The summed E-state index contributed by atoms with van der Waals surface area (Å²) in [4.78, 5) is 39.8. The minimum Gasteiger partial charge on any atom is -0.321 e. The number of carbonyl (C=O) groups is 3. The number of ketones is 1. The molecule has 0 aliphatic carbocycles. The summed E-state index contributed by atoms with van der Waals surface area (Å²) in [5, 5.41) is 5.58. The molecular weight excluding hydrogens is 562 g/mol. The zero-order chi connectivity index (χ0) is 30.4. The van der Waals surface area contributed by atoms with Crippen molar-refractivity contribution in [3.05, 3.63) is 155 Å². The van der Waals surface area contributed by atoms with Crippen LogP contribution in [0.25, 0.3) is 0 Å². The molecule has 0 heterocycles. The van der Waals surface area contributed by atoms with Crippen LogP contribution in [0.3, 0.4) is 0 Å². The van der Waals surface area contributed by atoms with Gasteiger partial charge in [-0.25, -0.2) is 8.42 Å². The van der Waals surface area contributed by atoms with Gasteiger partial charge in [0.15, 0.2) is 5.78 Å². The molecule has 214 valence electrons. The Morgan fingerprint density at radius 1 is 0.558 bits per heavy atom. The number of anilines is 3. The van der Waals surface area contributed by atoms with Gasteiger partial charge in [-0.05, 0) is 67.6 Å². The van der Waals surface area contributed by atoms with Gasteiger partial charge in [0.2, 0.25) is 0 Å². The number of rotatable bonds is 9. The van der Waals surface area contributed by atoms with Crippen LogP contribution in [0.2, 0.25) is 0 Å². The van der Waals surface area contributed by atoms with E-state index in [1.807, 2.05) is 13.0 Å². The van der Waals surface area contributed by atoms with Crippen LogP contribution in [-0.4, -0.2) is 26.0 Å². The molecule has 0 aliphatic rings. The van der Waals surface area contributed by atoms with Crippen LogP contribution in [0, 0.1) is 6.92 Å². The molecule has 5 aromatic rings. The van der Waals surface area contributed by atoms with Crippen LogP contribution in [0.15, 0.2) is 132 Å². The Labute approximate surface area is 249 Å². The molecule has 0 saturated heterocycles. The zero-order valence-electron chi connectivity index (χ0n) is 23.1. The molecule has 0 aromatic heterocycles. The summed E-state index contributed by atoms with van der Waals surface area (Å²) in [6.07, 6.45) is 0. The predicted octanol–water partition coefficient (Wildman–Crippen LogP) is 6.53. The van der Waals surface area contributed by atoms with E-state index in [-0.39, 0.29) is 27.5 Å². The summed E-state index contributed by atoms with van der Waals surface area (Å²) in [7, 11) is -3.78. The summed E-state index contributed by atoms with van der Waals surface area (Å²) in [6, 6.07) is 34.4. The highest BCUT2D eigenvalue weighted by Crippen LogP contribution is 2.24. The van der Waals surface area contributed by atoms with E-state index in [1.165, 1.54) is 36.4 Å². The average molecular weight is 590 g/mol. The molecule has 0 unspecified atom stereocenters. The molecule has 0 aliphatic heterocycles. The molecule has 0 fully saturated rings. The lowest BCUT2D eigenvalue weighted by atomic mass is 9.99. The first-order valence-electron chi connectivity index (χ1n) is 13.3. The largest absolute Gasteiger partial charge is 0.321 e. The van der Waals surface area contributed by atoms with Crippen molar-refractivity contribution in [1.82, 2.24) is 0 Å². The van der Waals surface area contributed by atoms with Crippen LogP contribution in [0.5, 0.6) is 0 Å². The lowest BCUT2D eigenvalue weighted by Gasteiger charge is -2.14.